The highest BCUT2D eigenvalue weighted by atomic mass is 32.2. The average Bonchev–Trinajstić information content (AvgIpc) is 3.52. The van der Waals surface area contributed by atoms with Gasteiger partial charge in [0.1, 0.15) is 5.70 Å². The number of hydrogen-bond donors (Lipinski definition) is 3. The molecule has 5 rings (SSSR count). The highest BCUT2D eigenvalue weighted by molar-refractivity contribution is 8.00. The predicted octanol–water partition coefficient (Wildman–Crippen LogP) is 5.57. The monoisotopic (exact) mass is 611 g/mol. The van der Waals surface area contributed by atoms with Crippen molar-refractivity contribution in [2.24, 2.45) is 0 Å². The van der Waals surface area contributed by atoms with Crippen molar-refractivity contribution in [3.05, 3.63) is 108 Å². The van der Waals surface area contributed by atoms with E-state index in [4.69, 9.17) is 18.9 Å². The van der Waals surface area contributed by atoms with Crippen LogP contribution in [0.4, 0.5) is 11.4 Å². The summed E-state index contributed by atoms with van der Waals surface area (Å²) in [6.07, 6.45) is 1.52. The number of para-hydroxylation sites is 1. The van der Waals surface area contributed by atoms with Crippen LogP contribution in [0.25, 0.3) is 6.08 Å². The highest BCUT2D eigenvalue weighted by Crippen LogP contribution is 2.35. The Morgan fingerprint density at radius 2 is 1.59 bits per heavy atom. The molecular formula is C33H29N3O7S. The molecule has 0 bridgehead atoms. The molecule has 3 amide bonds. The predicted molar refractivity (Wildman–Crippen MR) is 168 cm³/mol. The van der Waals surface area contributed by atoms with Crippen LogP contribution in [0.5, 0.6) is 23.0 Å². The van der Waals surface area contributed by atoms with Gasteiger partial charge in [-0.1, -0.05) is 36.4 Å². The number of hydrogen-bond acceptors (Lipinski definition) is 8. The Labute approximate surface area is 258 Å². The first kappa shape index (κ1) is 30.1. The normalized spacial score (nSPS) is 11.8. The van der Waals surface area contributed by atoms with Crippen LogP contribution in [0.2, 0.25) is 0 Å². The third-order valence-corrected chi connectivity index (χ3v) is 7.37. The van der Waals surface area contributed by atoms with Crippen LogP contribution in [-0.2, 0) is 9.59 Å². The van der Waals surface area contributed by atoms with Gasteiger partial charge >= 0.3 is 0 Å². The number of carbonyl (C=O) groups excluding carboxylic acids is 3. The van der Waals surface area contributed by atoms with E-state index in [9.17, 15) is 14.4 Å². The summed E-state index contributed by atoms with van der Waals surface area (Å²) in [7, 11) is 3.01. The maximum Gasteiger partial charge on any atom is 0.272 e. The van der Waals surface area contributed by atoms with Gasteiger partial charge in [0.15, 0.2) is 23.0 Å². The maximum atomic E-state index is 13.5. The quantitative estimate of drug-likeness (QED) is 0.149. The molecule has 0 aliphatic carbocycles. The van der Waals surface area contributed by atoms with E-state index >= 15 is 0 Å². The molecule has 0 fully saturated rings. The molecule has 10 nitrogen and oxygen atoms in total. The molecule has 4 aromatic carbocycles. The second-order valence-corrected chi connectivity index (χ2v) is 10.4. The molecule has 0 saturated carbocycles. The number of ether oxygens (including phenoxy) is 4. The lowest BCUT2D eigenvalue weighted by Gasteiger charge is -2.14. The van der Waals surface area contributed by atoms with E-state index < -0.39 is 11.8 Å². The minimum Gasteiger partial charge on any atom is -0.493 e. The van der Waals surface area contributed by atoms with Crippen LogP contribution < -0.4 is 34.9 Å². The van der Waals surface area contributed by atoms with Crippen molar-refractivity contribution in [2.45, 2.75) is 4.90 Å². The van der Waals surface area contributed by atoms with Crippen LogP contribution in [0.15, 0.2) is 102 Å². The summed E-state index contributed by atoms with van der Waals surface area (Å²) in [5.41, 5.74) is 2.00. The van der Waals surface area contributed by atoms with Crippen molar-refractivity contribution in [3.8, 4) is 23.0 Å². The third kappa shape index (κ3) is 7.50. The van der Waals surface area contributed by atoms with Crippen molar-refractivity contribution in [3.63, 3.8) is 0 Å². The Bertz CT molecular complexity index is 1710. The lowest BCUT2D eigenvalue weighted by Crippen LogP contribution is -2.30. The van der Waals surface area contributed by atoms with E-state index in [0.717, 1.165) is 4.90 Å². The summed E-state index contributed by atoms with van der Waals surface area (Å²) in [6, 6.07) is 26.1. The third-order valence-electron chi connectivity index (χ3n) is 6.38. The summed E-state index contributed by atoms with van der Waals surface area (Å²) >= 11 is 1.31. The molecule has 0 unspecified atom stereocenters. The van der Waals surface area contributed by atoms with E-state index in [1.807, 2.05) is 6.07 Å². The van der Waals surface area contributed by atoms with Gasteiger partial charge in [0.05, 0.1) is 20.0 Å². The molecule has 11 heteroatoms. The van der Waals surface area contributed by atoms with Crippen LogP contribution in [0.3, 0.4) is 0 Å². The van der Waals surface area contributed by atoms with Crippen molar-refractivity contribution in [1.29, 1.82) is 0 Å². The van der Waals surface area contributed by atoms with E-state index in [2.05, 4.69) is 16.0 Å². The van der Waals surface area contributed by atoms with Crippen molar-refractivity contribution in [1.82, 2.24) is 5.32 Å². The minimum atomic E-state index is -0.554. The molecule has 0 atom stereocenters. The molecule has 0 aromatic heterocycles. The molecule has 224 valence electrons. The zero-order valence-corrected chi connectivity index (χ0v) is 24.7. The lowest BCUT2D eigenvalue weighted by atomic mass is 10.1. The fraction of sp³-hybridized carbons (Fsp3) is 0.121. The van der Waals surface area contributed by atoms with Gasteiger partial charge in [-0.15, -0.1) is 11.8 Å². The number of methoxy groups -OCH3 is 2. The number of benzene rings is 4. The summed E-state index contributed by atoms with van der Waals surface area (Å²) in [6.45, 7) is 0.154. The standard InChI is InChI=1S/C33H29N3O7S/c1-40-28-13-6-10-22(31(28)41-2)16-26(36-32(38)21-8-4-3-5-9-21)33(39)35-23-11-7-12-25(17-23)44-19-30(37)34-24-14-15-27-29(18-24)43-20-42-27/h3-18H,19-20H2,1-2H3,(H,34,37)(H,35,39)(H,36,38)/b26-16+. The molecule has 0 spiro atoms. The van der Waals surface area contributed by atoms with Gasteiger partial charge < -0.3 is 34.9 Å². The zero-order valence-electron chi connectivity index (χ0n) is 23.9. The fourth-order valence-corrected chi connectivity index (χ4v) is 5.06. The summed E-state index contributed by atoms with van der Waals surface area (Å²) in [5.74, 6) is 1.03. The Hall–Kier alpha value is -5.42. The molecule has 1 aliphatic rings. The average molecular weight is 612 g/mol. The van der Waals surface area contributed by atoms with Gasteiger partial charge in [-0.2, -0.15) is 0 Å². The van der Waals surface area contributed by atoms with Crippen molar-refractivity contribution in [2.75, 3.05) is 37.4 Å². The molecule has 1 heterocycles. The van der Waals surface area contributed by atoms with Crippen LogP contribution in [0, 0.1) is 0 Å². The lowest BCUT2D eigenvalue weighted by molar-refractivity contribution is -0.114. The number of nitrogens with one attached hydrogen (secondary N) is 3. The molecule has 0 saturated heterocycles. The number of fused-ring (bicyclic) bond motifs is 1. The van der Waals surface area contributed by atoms with E-state index in [1.165, 1.54) is 32.1 Å². The summed E-state index contributed by atoms with van der Waals surface area (Å²) in [4.78, 5) is 39.9. The number of thioether (sulfide) groups is 1. The molecule has 44 heavy (non-hydrogen) atoms. The largest absolute Gasteiger partial charge is 0.493 e. The second kappa shape index (κ2) is 14.2. The SMILES string of the molecule is COc1cccc(/C=C(/NC(=O)c2ccccc2)C(=O)Nc2cccc(SCC(=O)Nc3ccc4c(c3)OCO4)c2)c1OC. The summed E-state index contributed by atoms with van der Waals surface area (Å²) in [5, 5.41) is 8.41. The topological polar surface area (TPSA) is 124 Å². The van der Waals surface area contributed by atoms with E-state index in [-0.39, 0.29) is 24.2 Å². The molecule has 0 radical (unpaired) electrons. The van der Waals surface area contributed by atoms with Gasteiger partial charge in [-0.3, -0.25) is 14.4 Å². The van der Waals surface area contributed by atoms with Crippen molar-refractivity contribution < 1.29 is 33.3 Å². The number of carbonyl (C=O) groups is 3. The van der Waals surface area contributed by atoms with Crippen LogP contribution in [-0.4, -0.2) is 44.5 Å². The first-order chi connectivity index (χ1) is 21.4. The Kier molecular flexibility index (Phi) is 9.68. The molecule has 4 aromatic rings. The first-order valence-electron chi connectivity index (χ1n) is 13.5. The summed E-state index contributed by atoms with van der Waals surface area (Å²) < 4.78 is 21.6. The maximum absolute atomic E-state index is 13.5. The van der Waals surface area contributed by atoms with E-state index in [1.54, 1.807) is 84.9 Å². The molecule has 3 N–H and O–H groups in total. The number of amides is 3. The van der Waals surface area contributed by atoms with Gasteiger partial charge in [-0.25, -0.2) is 0 Å². The minimum absolute atomic E-state index is 0.00781. The first-order valence-corrected chi connectivity index (χ1v) is 14.4. The second-order valence-electron chi connectivity index (χ2n) is 9.35. The van der Waals surface area contributed by atoms with Gasteiger partial charge in [0, 0.05) is 33.5 Å². The van der Waals surface area contributed by atoms with Gasteiger partial charge in [0.2, 0.25) is 12.7 Å². The number of rotatable bonds is 11. The van der Waals surface area contributed by atoms with Crippen LogP contribution in [0.1, 0.15) is 15.9 Å². The van der Waals surface area contributed by atoms with Gasteiger partial charge in [-0.05, 0) is 54.6 Å². The van der Waals surface area contributed by atoms with E-state index in [0.29, 0.717) is 45.5 Å². The molecular weight excluding hydrogens is 582 g/mol. The Balaban J connectivity index is 1.29. The van der Waals surface area contributed by atoms with Crippen molar-refractivity contribution >= 4 is 46.9 Å². The number of anilines is 2. The Morgan fingerprint density at radius 3 is 2.39 bits per heavy atom. The fourth-order valence-electron chi connectivity index (χ4n) is 4.31. The Morgan fingerprint density at radius 1 is 0.818 bits per heavy atom. The van der Waals surface area contributed by atoms with Gasteiger partial charge in [0.25, 0.3) is 11.8 Å². The smallest absolute Gasteiger partial charge is 0.272 e. The highest BCUT2D eigenvalue weighted by Gasteiger charge is 2.18. The van der Waals surface area contributed by atoms with Crippen LogP contribution >= 0.6 is 11.8 Å². The molecule has 1 aliphatic heterocycles. The zero-order chi connectivity index (χ0) is 30.9.